The Labute approximate surface area is 197 Å². The van der Waals surface area contributed by atoms with Crippen molar-refractivity contribution < 1.29 is 9.47 Å². The first-order valence-corrected chi connectivity index (χ1v) is 12.9. The summed E-state index contributed by atoms with van der Waals surface area (Å²) >= 11 is 0. The molecule has 32 heavy (non-hydrogen) atoms. The number of hydrogen-bond acceptors (Lipinski definition) is 3. The van der Waals surface area contributed by atoms with Gasteiger partial charge in [-0.1, -0.05) is 89.5 Å². The van der Waals surface area contributed by atoms with Crippen molar-refractivity contribution in [3.8, 4) is 22.6 Å². The summed E-state index contributed by atoms with van der Waals surface area (Å²) in [6, 6.07) is 16.6. The quantitative estimate of drug-likeness (QED) is 0.220. The van der Waals surface area contributed by atoms with E-state index in [9.17, 15) is 0 Å². The molecule has 3 nitrogen and oxygen atoms in total. The zero-order valence-corrected chi connectivity index (χ0v) is 20.8. The minimum absolute atomic E-state index is 0.814. The monoisotopic (exact) mass is 439 g/mol. The number of unbranched alkanes of at least 4 members (excludes halogenated alkanes) is 9. The zero-order chi connectivity index (χ0) is 22.9. The van der Waals surface area contributed by atoms with Crippen molar-refractivity contribution >= 4 is 0 Å². The van der Waals surface area contributed by atoms with Gasteiger partial charge in [0.25, 0.3) is 0 Å². The zero-order valence-electron chi connectivity index (χ0n) is 20.8. The highest BCUT2D eigenvalue weighted by Gasteiger charge is 2.01. The van der Waals surface area contributed by atoms with E-state index < -0.39 is 0 Å². The summed E-state index contributed by atoms with van der Waals surface area (Å²) in [5, 5.41) is 0. The second kappa shape index (κ2) is 16.6. The Hall–Kier alpha value is -2.00. The third kappa shape index (κ3) is 10.5. The number of benzene rings is 2. The molecule has 178 valence electrons. The van der Waals surface area contributed by atoms with E-state index in [4.69, 9.17) is 9.47 Å². The second-order valence-corrected chi connectivity index (χ2v) is 8.66. The smallest absolute Gasteiger partial charge is 0.119 e. The van der Waals surface area contributed by atoms with E-state index in [0.717, 1.165) is 24.5 Å². The van der Waals surface area contributed by atoms with Gasteiger partial charge in [-0.3, -0.25) is 0 Å². The molecule has 2 rings (SSSR count). The van der Waals surface area contributed by atoms with Crippen molar-refractivity contribution in [2.75, 3.05) is 33.4 Å². The van der Waals surface area contributed by atoms with Crippen molar-refractivity contribution in [2.45, 2.75) is 78.1 Å². The lowest BCUT2D eigenvalue weighted by Gasteiger charge is -2.17. The van der Waals surface area contributed by atoms with Gasteiger partial charge >= 0.3 is 0 Å². The molecule has 0 aliphatic rings. The van der Waals surface area contributed by atoms with Gasteiger partial charge in [0.1, 0.15) is 11.5 Å². The lowest BCUT2D eigenvalue weighted by atomic mass is 10.1. The van der Waals surface area contributed by atoms with E-state index in [1.807, 2.05) is 12.1 Å². The van der Waals surface area contributed by atoms with Crippen LogP contribution in [-0.2, 0) is 0 Å². The van der Waals surface area contributed by atoms with E-state index >= 15 is 0 Å². The lowest BCUT2D eigenvalue weighted by molar-refractivity contribution is 0.295. The van der Waals surface area contributed by atoms with Crippen LogP contribution in [0.1, 0.15) is 78.1 Å². The van der Waals surface area contributed by atoms with Gasteiger partial charge in [0, 0.05) is 0 Å². The SMILES string of the molecule is CCN(CC)CCCCCCCCCCCCOc1ccc(-c2ccc(OC)cc2)cc1. The second-order valence-electron chi connectivity index (χ2n) is 8.66. The third-order valence-corrected chi connectivity index (χ3v) is 6.31. The van der Waals surface area contributed by atoms with Crippen molar-refractivity contribution in [3.05, 3.63) is 48.5 Å². The summed E-state index contributed by atoms with van der Waals surface area (Å²) in [5.74, 6) is 1.85. The fourth-order valence-corrected chi connectivity index (χ4v) is 4.11. The minimum Gasteiger partial charge on any atom is -0.497 e. The predicted molar refractivity (Wildman–Crippen MR) is 138 cm³/mol. The maximum absolute atomic E-state index is 5.93. The first-order chi connectivity index (χ1) is 15.8. The first-order valence-electron chi connectivity index (χ1n) is 12.9. The van der Waals surface area contributed by atoms with Crippen LogP contribution in [0.5, 0.6) is 11.5 Å². The molecule has 0 aliphatic heterocycles. The van der Waals surface area contributed by atoms with Crippen LogP contribution in [0, 0.1) is 0 Å². The summed E-state index contributed by atoms with van der Waals surface area (Å²) in [7, 11) is 1.69. The number of methoxy groups -OCH3 is 1. The molecule has 0 spiro atoms. The van der Waals surface area contributed by atoms with E-state index in [1.54, 1.807) is 7.11 Å². The molecule has 0 bridgehead atoms. The standard InChI is InChI=1S/C29H45NO2/c1-4-30(5-2)24-14-12-10-8-6-7-9-11-13-15-25-32-29-22-18-27(19-23-29)26-16-20-28(31-3)21-17-26/h16-23H,4-15,24-25H2,1-3H3. The van der Waals surface area contributed by atoms with Gasteiger partial charge in [-0.2, -0.15) is 0 Å². The predicted octanol–water partition coefficient (Wildman–Crippen LogP) is 7.98. The Morgan fingerprint density at radius 3 is 1.47 bits per heavy atom. The topological polar surface area (TPSA) is 21.7 Å². The Bertz CT molecular complexity index is 692. The third-order valence-electron chi connectivity index (χ3n) is 6.31. The van der Waals surface area contributed by atoms with Gasteiger partial charge in [0.15, 0.2) is 0 Å². The summed E-state index contributed by atoms with van der Waals surface area (Å²) in [6.45, 7) is 9.00. The summed E-state index contributed by atoms with van der Waals surface area (Å²) < 4.78 is 11.2. The summed E-state index contributed by atoms with van der Waals surface area (Å²) in [4.78, 5) is 2.53. The maximum atomic E-state index is 5.93. The molecule has 0 saturated heterocycles. The molecule has 2 aromatic rings. The number of rotatable bonds is 18. The fourth-order valence-electron chi connectivity index (χ4n) is 4.11. The molecule has 0 atom stereocenters. The maximum Gasteiger partial charge on any atom is 0.119 e. The number of ether oxygens (including phenoxy) is 2. The van der Waals surface area contributed by atoms with Crippen LogP contribution in [-0.4, -0.2) is 38.3 Å². The lowest BCUT2D eigenvalue weighted by Crippen LogP contribution is -2.23. The number of hydrogen-bond donors (Lipinski definition) is 0. The van der Waals surface area contributed by atoms with Crippen LogP contribution in [0.3, 0.4) is 0 Å². The first kappa shape index (κ1) is 26.3. The molecular weight excluding hydrogens is 394 g/mol. The molecule has 0 radical (unpaired) electrons. The highest BCUT2D eigenvalue weighted by Crippen LogP contribution is 2.24. The molecule has 0 N–H and O–H groups in total. The highest BCUT2D eigenvalue weighted by molar-refractivity contribution is 5.64. The Morgan fingerprint density at radius 2 is 1.00 bits per heavy atom. The van der Waals surface area contributed by atoms with Crippen molar-refractivity contribution in [2.24, 2.45) is 0 Å². The molecule has 0 amide bonds. The molecular formula is C29H45NO2. The van der Waals surface area contributed by atoms with Gasteiger partial charge in [-0.05, 0) is 67.9 Å². The van der Waals surface area contributed by atoms with Crippen LogP contribution in [0.25, 0.3) is 11.1 Å². The van der Waals surface area contributed by atoms with Crippen molar-refractivity contribution in [1.82, 2.24) is 4.90 Å². The number of nitrogens with zero attached hydrogens (tertiary/aromatic N) is 1. The van der Waals surface area contributed by atoms with Gasteiger partial charge in [-0.25, -0.2) is 0 Å². The molecule has 0 saturated carbocycles. The molecule has 2 aromatic carbocycles. The van der Waals surface area contributed by atoms with E-state index in [-0.39, 0.29) is 0 Å². The van der Waals surface area contributed by atoms with Crippen LogP contribution in [0.4, 0.5) is 0 Å². The van der Waals surface area contributed by atoms with Crippen LogP contribution in [0.2, 0.25) is 0 Å². The average Bonchev–Trinajstić information content (AvgIpc) is 2.85. The van der Waals surface area contributed by atoms with Gasteiger partial charge < -0.3 is 14.4 Å². The molecule has 0 heterocycles. The Kier molecular flexibility index (Phi) is 13.6. The highest BCUT2D eigenvalue weighted by atomic mass is 16.5. The Balaban J connectivity index is 1.44. The van der Waals surface area contributed by atoms with Crippen LogP contribution < -0.4 is 9.47 Å². The summed E-state index contributed by atoms with van der Waals surface area (Å²) in [6.07, 6.45) is 13.5. The van der Waals surface area contributed by atoms with E-state index in [2.05, 4.69) is 55.1 Å². The molecule has 3 heteroatoms. The molecule has 0 unspecified atom stereocenters. The van der Waals surface area contributed by atoms with Gasteiger partial charge in [-0.15, -0.1) is 0 Å². The molecule has 0 aromatic heterocycles. The van der Waals surface area contributed by atoms with E-state index in [0.29, 0.717) is 0 Å². The molecule has 0 fully saturated rings. The average molecular weight is 440 g/mol. The normalized spacial score (nSPS) is 11.1. The minimum atomic E-state index is 0.814. The fraction of sp³-hybridized carbons (Fsp3) is 0.586. The van der Waals surface area contributed by atoms with Crippen LogP contribution >= 0.6 is 0 Å². The van der Waals surface area contributed by atoms with Crippen LogP contribution in [0.15, 0.2) is 48.5 Å². The molecule has 0 aliphatic carbocycles. The van der Waals surface area contributed by atoms with E-state index in [1.165, 1.54) is 88.5 Å². The summed E-state index contributed by atoms with van der Waals surface area (Å²) in [5.41, 5.74) is 2.39. The van der Waals surface area contributed by atoms with Crippen molar-refractivity contribution in [1.29, 1.82) is 0 Å². The van der Waals surface area contributed by atoms with Gasteiger partial charge in [0.05, 0.1) is 13.7 Å². The largest absolute Gasteiger partial charge is 0.497 e. The van der Waals surface area contributed by atoms with Crippen molar-refractivity contribution in [3.63, 3.8) is 0 Å². The van der Waals surface area contributed by atoms with Gasteiger partial charge in [0.2, 0.25) is 0 Å². The Morgan fingerprint density at radius 1 is 0.562 bits per heavy atom.